The molecule has 0 N–H and O–H groups in total. The third kappa shape index (κ3) is 3.66. The van der Waals surface area contributed by atoms with Crippen LogP contribution in [0, 0.1) is 6.92 Å². The highest BCUT2D eigenvalue weighted by atomic mass is 35.5. The van der Waals surface area contributed by atoms with Crippen molar-refractivity contribution in [2.75, 3.05) is 5.88 Å². The smallest absolute Gasteiger partial charge is 0.328 e. The molecule has 110 valence electrons. The Morgan fingerprint density at radius 1 is 1.30 bits per heavy atom. The predicted molar refractivity (Wildman–Crippen MR) is 74.2 cm³/mol. The van der Waals surface area contributed by atoms with E-state index in [0.717, 1.165) is 22.4 Å². The molecule has 0 aliphatic carbocycles. The first kappa shape index (κ1) is 15.2. The number of hydrogen-bond acceptors (Lipinski definition) is 1. The van der Waals surface area contributed by atoms with E-state index >= 15 is 0 Å². The van der Waals surface area contributed by atoms with Crippen LogP contribution < -0.4 is 0 Å². The fourth-order valence-electron chi connectivity index (χ4n) is 2.25. The van der Waals surface area contributed by atoms with Crippen molar-refractivity contribution in [2.24, 2.45) is 0 Å². The SMILES string of the molecule is Cc1ccc2c(c1)nc(CCCl)n2CCCC(F)(F)F. The molecule has 0 amide bonds. The van der Waals surface area contributed by atoms with E-state index in [1.807, 2.05) is 29.7 Å². The van der Waals surface area contributed by atoms with Crippen LogP contribution in [0.15, 0.2) is 18.2 Å². The van der Waals surface area contributed by atoms with Gasteiger partial charge in [-0.3, -0.25) is 0 Å². The molecule has 0 radical (unpaired) electrons. The van der Waals surface area contributed by atoms with E-state index in [9.17, 15) is 13.2 Å². The second kappa shape index (κ2) is 6.04. The lowest BCUT2D eigenvalue weighted by molar-refractivity contribution is -0.135. The van der Waals surface area contributed by atoms with Gasteiger partial charge in [0.05, 0.1) is 11.0 Å². The van der Waals surface area contributed by atoms with Crippen molar-refractivity contribution < 1.29 is 13.2 Å². The number of aromatic nitrogens is 2. The van der Waals surface area contributed by atoms with Gasteiger partial charge >= 0.3 is 6.18 Å². The number of rotatable bonds is 5. The summed E-state index contributed by atoms with van der Waals surface area (Å²) in [6.45, 7) is 2.27. The summed E-state index contributed by atoms with van der Waals surface area (Å²) >= 11 is 5.74. The maximum atomic E-state index is 12.3. The Kier molecular flexibility index (Phi) is 4.58. The average Bonchev–Trinajstić information content (AvgIpc) is 2.65. The molecule has 1 aromatic carbocycles. The molecule has 2 rings (SSSR count). The molecular weight excluding hydrogens is 289 g/mol. The summed E-state index contributed by atoms with van der Waals surface area (Å²) in [7, 11) is 0. The van der Waals surface area contributed by atoms with Crippen molar-refractivity contribution >= 4 is 22.6 Å². The molecule has 0 saturated carbocycles. The Morgan fingerprint density at radius 2 is 2.05 bits per heavy atom. The number of benzene rings is 1. The molecule has 6 heteroatoms. The van der Waals surface area contributed by atoms with Crippen molar-refractivity contribution in [3.63, 3.8) is 0 Å². The Bertz CT molecular complexity index is 590. The number of alkyl halides is 4. The Labute approximate surface area is 120 Å². The van der Waals surface area contributed by atoms with Crippen LogP contribution in [0.1, 0.15) is 24.2 Å². The minimum Gasteiger partial charge on any atom is -0.328 e. The van der Waals surface area contributed by atoms with Crippen LogP contribution in [0.25, 0.3) is 11.0 Å². The predicted octanol–water partition coefficient (Wildman–Crippen LogP) is 4.47. The van der Waals surface area contributed by atoms with Crippen molar-refractivity contribution in [3.05, 3.63) is 29.6 Å². The molecule has 2 aromatic rings. The number of imidazole rings is 1. The van der Waals surface area contributed by atoms with E-state index in [4.69, 9.17) is 11.6 Å². The number of halogens is 4. The topological polar surface area (TPSA) is 17.8 Å². The molecule has 20 heavy (non-hydrogen) atoms. The fourth-order valence-corrected chi connectivity index (χ4v) is 2.42. The minimum absolute atomic E-state index is 0.0537. The van der Waals surface area contributed by atoms with Gasteiger partial charge in [-0.15, -0.1) is 11.6 Å². The van der Waals surface area contributed by atoms with Gasteiger partial charge in [0.2, 0.25) is 0 Å². The molecule has 0 aliphatic rings. The lowest BCUT2D eigenvalue weighted by atomic mass is 10.2. The van der Waals surface area contributed by atoms with E-state index < -0.39 is 12.6 Å². The zero-order valence-electron chi connectivity index (χ0n) is 11.2. The lowest BCUT2D eigenvalue weighted by Gasteiger charge is -2.10. The van der Waals surface area contributed by atoms with Gasteiger partial charge in [0.1, 0.15) is 5.82 Å². The molecule has 1 heterocycles. The van der Waals surface area contributed by atoms with Gasteiger partial charge < -0.3 is 4.57 Å². The third-order valence-electron chi connectivity index (χ3n) is 3.14. The first-order chi connectivity index (χ1) is 9.40. The summed E-state index contributed by atoms with van der Waals surface area (Å²) in [5.41, 5.74) is 2.77. The highest BCUT2D eigenvalue weighted by Gasteiger charge is 2.26. The minimum atomic E-state index is -4.11. The molecule has 0 fully saturated rings. The molecule has 0 atom stereocenters. The molecule has 0 bridgehead atoms. The van der Waals surface area contributed by atoms with Crippen LogP contribution in [0.2, 0.25) is 0 Å². The van der Waals surface area contributed by atoms with Gasteiger partial charge in [-0.1, -0.05) is 6.07 Å². The van der Waals surface area contributed by atoms with Crippen LogP contribution in [-0.4, -0.2) is 21.6 Å². The number of fused-ring (bicyclic) bond motifs is 1. The van der Waals surface area contributed by atoms with E-state index in [2.05, 4.69) is 4.98 Å². The molecule has 1 aromatic heterocycles. The number of nitrogens with zero attached hydrogens (tertiary/aromatic N) is 2. The third-order valence-corrected chi connectivity index (χ3v) is 3.33. The van der Waals surface area contributed by atoms with Gasteiger partial charge in [-0.2, -0.15) is 13.2 Å². The zero-order valence-corrected chi connectivity index (χ0v) is 11.9. The standard InChI is InChI=1S/C14H16ClF3N2/c1-10-3-4-12-11(9-10)19-13(5-7-15)20(12)8-2-6-14(16,17)18/h3-4,9H,2,5-8H2,1H3. The fraction of sp³-hybridized carbons (Fsp3) is 0.500. The summed E-state index contributed by atoms with van der Waals surface area (Å²) < 4.78 is 38.6. The van der Waals surface area contributed by atoms with E-state index in [1.54, 1.807) is 0 Å². The van der Waals surface area contributed by atoms with Crippen molar-refractivity contribution in [1.82, 2.24) is 9.55 Å². The monoisotopic (exact) mass is 304 g/mol. The summed E-state index contributed by atoms with van der Waals surface area (Å²) in [5, 5.41) is 0. The first-order valence-electron chi connectivity index (χ1n) is 6.49. The quantitative estimate of drug-likeness (QED) is 0.745. The van der Waals surface area contributed by atoms with Crippen LogP contribution in [-0.2, 0) is 13.0 Å². The lowest BCUT2D eigenvalue weighted by Crippen LogP contribution is -2.11. The highest BCUT2D eigenvalue weighted by molar-refractivity contribution is 6.17. The van der Waals surface area contributed by atoms with Gasteiger partial charge in [-0.05, 0) is 31.0 Å². The second-order valence-electron chi connectivity index (χ2n) is 4.83. The number of aryl methyl sites for hydroxylation is 3. The summed E-state index contributed by atoms with van der Waals surface area (Å²) in [4.78, 5) is 4.48. The normalized spacial score (nSPS) is 12.2. The molecule has 0 spiro atoms. The summed E-state index contributed by atoms with van der Waals surface area (Å²) in [6, 6.07) is 5.78. The summed E-state index contributed by atoms with van der Waals surface area (Å²) in [6.07, 6.45) is -4.28. The molecule has 2 nitrogen and oxygen atoms in total. The van der Waals surface area contributed by atoms with Gasteiger partial charge in [0, 0.05) is 25.3 Å². The van der Waals surface area contributed by atoms with Crippen molar-refractivity contribution in [3.8, 4) is 0 Å². The molecule has 0 unspecified atom stereocenters. The number of hydrogen-bond donors (Lipinski definition) is 0. The average molecular weight is 305 g/mol. The van der Waals surface area contributed by atoms with Crippen molar-refractivity contribution in [1.29, 1.82) is 0 Å². The van der Waals surface area contributed by atoms with E-state index in [1.165, 1.54) is 0 Å². The Morgan fingerprint density at radius 3 is 2.70 bits per heavy atom. The maximum Gasteiger partial charge on any atom is 0.389 e. The largest absolute Gasteiger partial charge is 0.389 e. The van der Waals surface area contributed by atoms with E-state index in [0.29, 0.717) is 18.8 Å². The van der Waals surface area contributed by atoms with E-state index in [-0.39, 0.29) is 6.42 Å². The Hall–Kier alpha value is -1.23. The summed E-state index contributed by atoms with van der Waals surface area (Å²) in [5.74, 6) is 1.16. The molecule has 0 aliphatic heterocycles. The highest BCUT2D eigenvalue weighted by Crippen LogP contribution is 2.24. The van der Waals surface area contributed by atoms with Gasteiger partial charge in [0.15, 0.2) is 0 Å². The maximum absolute atomic E-state index is 12.3. The Balaban J connectivity index is 2.26. The van der Waals surface area contributed by atoms with Crippen LogP contribution >= 0.6 is 11.6 Å². The zero-order chi connectivity index (χ0) is 14.8. The van der Waals surface area contributed by atoms with Gasteiger partial charge in [0.25, 0.3) is 0 Å². The van der Waals surface area contributed by atoms with Gasteiger partial charge in [-0.25, -0.2) is 4.98 Å². The second-order valence-corrected chi connectivity index (χ2v) is 5.21. The van der Waals surface area contributed by atoms with Crippen LogP contribution in [0.5, 0.6) is 0 Å². The first-order valence-corrected chi connectivity index (χ1v) is 7.02. The van der Waals surface area contributed by atoms with Crippen molar-refractivity contribution in [2.45, 2.75) is 38.9 Å². The van der Waals surface area contributed by atoms with Crippen LogP contribution in [0.3, 0.4) is 0 Å². The molecule has 0 saturated heterocycles. The van der Waals surface area contributed by atoms with Crippen LogP contribution in [0.4, 0.5) is 13.2 Å². The molecular formula is C14H16ClF3N2.